The lowest BCUT2D eigenvalue weighted by molar-refractivity contribution is 0.0977. The molecule has 0 aliphatic heterocycles. The molecule has 2 N–H and O–H groups in total. The molecule has 0 fully saturated rings. The van der Waals surface area contributed by atoms with Gasteiger partial charge in [0.25, 0.3) is 5.91 Å². The normalized spacial score (nSPS) is 10.5. The summed E-state index contributed by atoms with van der Waals surface area (Å²) in [5.41, 5.74) is 2.52. The monoisotopic (exact) mass is 462 g/mol. The zero-order chi connectivity index (χ0) is 23.5. The van der Waals surface area contributed by atoms with Crippen molar-refractivity contribution in [2.75, 3.05) is 18.5 Å². The van der Waals surface area contributed by atoms with Crippen LogP contribution in [0.3, 0.4) is 0 Å². The van der Waals surface area contributed by atoms with E-state index in [0.29, 0.717) is 24.7 Å². The average Bonchev–Trinajstić information content (AvgIpc) is 2.81. The van der Waals surface area contributed by atoms with E-state index >= 15 is 0 Å². The zero-order valence-corrected chi connectivity index (χ0v) is 19.9. The molecule has 0 atom stereocenters. The van der Waals surface area contributed by atoms with E-state index in [1.54, 1.807) is 24.3 Å². The Labute approximate surface area is 201 Å². The van der Waals surface area contributed by atoms with Crippen molar-refractivity contribution >= 4 is 28.9 Å². The summed E-state index contributed by atoms with van der Waals surface area (Å²) in [6, 6.07) is 24.7. The van der Waals surface area contributed by atoms with Gasteiger partial charge in [0.05, 0.1) is 13.2 Å². The Bertz CT molecular complexity index is 1020. The highest BCUT2D eigenvalue weighted by Crippen LogP contribution is 2.17. The molecule has 3 aromatic carbocycles. The second-order valence-corrected chi connectivity index (χ2v) is 8.48. The number of rotatable bonds is 10. The number of nitrogens with one attached hydrogen (secondary N) is 2. The largest absolute Gasteiger partial charge is 0.494 e. The topological polar surface area (TPSA) is 59.6 Å². The van der Waals surface area contributed by atoms with Gasteiger partial charge in [-0.25, -0.2) is 0 Å². The van der Waals surface area contributed by atoms with E-state index < -0.39 is 0 Å². The number of ether oxygens (including phenoxy) is 2. The Hall–Kier alpha value is -3.38. The fourth-order valence-electron chi connectivity index (χ4n) is 3.02. The van der Waals surface area contributed by atoms with Crippen molar-refractivity contribution in [3.05, 3.63) is 90.0 Å². The number of benzene rings is 3. The summed E-state index contributed by atoms with van der Waals surface area (Å²) in [5.74, 6) is 1.84. The molecule has 0 saturated heterocycles. The van der Waals surface area contributed by atoms with Crippen LogP contribution in [0.5, 0.6) is 11.5 Å². The van der Waals surface area contributed by atoms with E-state index in [1.807, 2.05) is 42.5 Å². The third-order valence-electron chi connectivity index (χ3n) is 4.92. The molecule has 3 rings (SSSR count). The van der Waals surface area contributed by atoms with Gasteiger partial charge in [0.15, 0.2) is 5.11 Å². The lowest BCUT2D eigenvalue weighted by Gasteiger charge is -2.11. The van der Waals surface area contributed by atoms with Crippen LogP contribution in [0.25, 0.3) is 0 Å². The van der Waals surface area contributed by atoms with E-state index in [0.717, 1.165) is 30.0 Å². The van der Waals surface area contributed by atoms with Gasteiger partial charge in [0.2, 0.25) is 0 Å². The lowest BCUT2D eigenvalue weighted by atomic mass is 10.1. The molecular formula is C27H30N2O3S. The molecule has 0 aromatic heterocycles. The van der Waals surface area contributed by atoms with Crippen LogP contribution in [0.15, 0.2) is 78.9 Å². The third-order valence-corrected chi connectivity index (χ3v) is 5.13. The minimum atomic E-state index is -0.276. The maximum Gasteiger partial charge on any atom is 0.257 e. The molecule has 5 nitrogen and oxygen atoms in total. The van der Waals surface area contributed by atoms with Gasteiger partial charge in [0.1, 0.15) is 11.5 Å². The molecule has 6 heteroatoms. The summed E-state index contributed by atoms with van der Waals surface area (Å²) in [7, 11) is 0. The van der Waals surface area contributed by atoms with Crippen molar-refractivity contribution in [1.29, 1.82) is 0 Å². The standard InChI is InChI=1S/C27H30N2O3S/c1-20(2)16-18-31-24-12-8-22(9-13-24)26(30)29-27(33)28-23-10-14-25(15-11-23)32-19-17-21-6-4-3-5-7-21/h3-15,20H,16-19H2,1-2H3,(H2,28,29,30,33). The van der Waals surface area contributed by atoms with Crippen molar-refractivity contribution in [2.45, 2.75) is 26.7 Å². The summed E-state index contributed by atoms with van der Waals surface area (Å²) in [5, 5.41) is 5.95. The molecule has 0 unspecified atom stereocenters. The van der Waals surface area contributed by atoms with Gasteiger partial charge >= 0.3 is 0 Å². The maximum absolute atomic E-state index is 12.4. The highest BCUT2D eigenvalue weighted by molar-refractivity contribution is 7.80. The average molecular weight is 463 g/mol. The van der Waals surface area contributed by atoms with Crippen LogP contribution in [-0.2, 0) is 6.42 Å². The number of anilines is 1. The molecule has 1 amide bonds. The van der Waals surface area contributed by atoms with Gasteiger partial charge in [-0.1, -0.05) is 44.2 Å². The smallest absolute Gasteiger partial charge is 0.257 e. The predicted octanol–water partition coefficient (Wildman–Crippen LogP) is 5.86. The molecule has 0 radical (unpaired) electrons. The van der Waals surface area contributed by atoms with Gasteiger partial charge in [-0.2, -0.15) is 0 Å². The summed E-state index contributed by atoms with van der Waals surface area (Å²) in [6.45, 7) is 5.58. The fourth-order valence-corrected chi connectivity index (χ4v) is 3.23. The van der Waals surface area contributed by atoms with Crippen LogP contribution in [-0.4, -0.2) is 24.2 Å². The minimum Gasteiger partial charge on any atom is -0.494 e. The molecule has 3 aromatic rings. The molecule has 33 heavy (non-hydrogen) atoms. The Morgan fingerprint density at radius 3 is 2.09 bits per heavy atom. The van der Waals surface area contributed by atoms with Gasteiger partial charge in [-0.3, -0.25) is 10.1 Å². The van der Waals surface area contributed by atoms with Gasteiger partial charge in [-0.05, 0) is 78.7 Å². The molecule has 0 aliphatic rings. The highest BCUT2D eigenvalue weighted by Gasteiger charge is 2.09. The Balaban J connectivity index is 1.41. The van der Waals surface area contributed by atoms with Crippen LogP contribution >= 0.6 is 12.2 Å². The number of carbonyl (C=O) groups excluding carboxylic acids is 1. The summed E-state index contributed by atoms with van der Waals surface area (Å²) in [6.07, 6.45) is 1.84. The Morgan fingerprint density at radius 1 is 0.848 bits per heavy atom. The van der Waals surface area contributed by atoms with E-state index in [-0.39, 0.29) is 11.0 Å². The number of thiocarbonyl (C=S) groups is 1. The third kappa shape index (κ3) is 8.58. The van der Waals surface area contributed by atoms with Crippen molar-refractivity contribution in [1.82, 2.24) is 5.32 Å². The second-order valence-electron chi connectivity index (χ2n) is 8.07. The van der Waals surface area contributed by atoms with Crippen LogP contribution in [0.1, 0.15) is 36.2 Å². The Morgan fingerprint density at radius 2 is 1.45 bits per heavy atom. The van der Waals surface area contributed by atoms with Crippen molar-refractivity contribution in [2.24, 2.45) is 5.92 Å². The first kappa shape index (κ1) is 24.3. The molecule has 0 bridgehead atoms. The SMILES string of the molecule is CC(C)CCOc1ccc(C(=O)NC(=S)Nc2ccc(OCCc3ccccc3)cc2)cc1. The number of carbonyl (C=O) groups is 1. The van der Waals surface area contributed by atoms with E-state index in [1.165, 1.54) is 5.56 Å². The van der Waals surface area contributed by atoms with Gasteiger partial charge in [0, 0.05) is 17.7 Å². The van der Waals surface area contributed by atoms with E-state index in [4.69, 9.17) is 21.7 Å². The van der Waals surface area contributed by atoms with Crippen LogP contribution in [0.2, 0.25) is 0 Å². The van der Waals surface area contributed by atoms with Crippen LogP contribution in [0.4, 0.5) is 5.69 Å². The fraction of sp³-hybridized carbons (Fsp3) is 0.259. The lowest BCUT2D eigenvalue weighted by Crippen LogP contribution is -2.34. The van der Waals surface area contributed by atoms with Gasteiger partial charge < -0.3 is 14.8 Å². The molecule has 0 spiro atoms. The molecule has 0 saturated carbocycles. The van der Waals surface area contributed by atoms with Crippen LogP contribution in [0, 0.1) is 5.92 Å². The molecule has 172 valence electrons. The van der Waals surface area contributed by atoms with Gasteiger partial charge in [-0.15, -0.1) is 0 Å². The maximum atomic E-state index is 12.4. The quantitative estimate of drug-likeness (QED) is 0.370. The minimum absolute atomic E-state index is 0.231. The number of hydrogen-bond donors (Lipinski definition) is 2. The number of hydrogen-bond acceptors (Lipinski definition) is 4. The summed E-state index contributed by atoms with van der Waals surface area (Å²) < 4.78 is 11.5. The first-order valence-electron chi connectivity index (χ1n) is 11.1. The summed E-state index contributed by atoms with van der Waals surface area (Å²) >= 11 is 5.28. The van der Waals surface area contributed by atoms with Crippen LogP contribution < -0.4 is 20.1 Å². The van der Waals surface area contributed by atoms with Crippen molar-refractivity contribution < 1.29 is 14.3 Å². The zero-order valence-electron chi connectivity index (χ0n) is 19.0. The second kappa shape index (κ2) is 12.6. The first-order valence-corrected chi connectivity index (χ1v) is 11.5. The van der Waals surface area contributed by atoms with E-state index in [2.05, 4.69) is 36.6 Å². The summed E-state index contributed by atoms with van der Waals surface area (Å²) in [4.78, 5) is 12.4. The molecule has 0 heterocycles. The molecular weight excluding hydrogens is 432 g/mol. The van der Waals surface area contributed by atoms with Crippen molar-refractivity contribution in [3.63, 3.8) is 0 Å². The Kier molecular flexibility index (Phi) is 9.27. The highest BCUT2D eigenvalue weighted by atomic mass is 32.1. The number of amides is 1. The first-order chi connectivity index (χ1) is 16.0. The van der Waals surface area contributed by atoms with Crippen molar-refractivity contribution in [3.8, 4) is 11.5 Å². The van der Waals surface area contributed by atoms with E-state index in [9.17, 15) is 4.79 Å². The predicted molar refractivity (Wildman–Crippen MR) is 137 cm³/mol. The molecule has 0 aliphatic carbocycles.